The first-order chi connectivity index (χ1) is 7.66. The van der Waals surface area contributed by atoms with Crippen LogP contribution < -0.4 is 5.56 Å². The standard InChI is InChI=1S/C10H12N2O4/c13-8-4-7(10(14)15)11-9(12-8)6-2-1-3-16-5-6/h4,6H,1-3,5H2,(H,14,15)(H,11,12,13). The van der Waals surface area contributed by atoms with E-state index in [1.807, 2.05) is 0 Å². The lowest BCUT2D eigenvalue weighted by molar-refractivity contribution is 0.0682. The summed E-state index contributed by atoms with van der Waals surface area (Å²) in [5.74, 6) is -0.797. The molecule has 1 unspecified atom stereocenters. The predicted molar refractivity (Wildman–Crippen MR) is 54.6 cm³/mol. The number of nitrogens with one attached hydrogen (secondary N) is 1. The van der Waals surface area contributed by atoms with Gasteiger partial charge >= 0.3 is 5.97 Å². The van der Waals surface area contributed by atoms with Crippen molar-refractivity contribution in [3.05, 3.63) is 27.9 Å². The van der Waals surface area contributed by atoms with Gasteiger partial charge in [0, 0.05) is 18.6 Å². The van der Waals surface area contributed by atoms with E-state index in [0.29, 0.717) is 19.0 Å². The predicted octanol–water partition coefficient (Wildman–Crippen LogP) is 0.362. The molecule has 2 heterocycles. The second-order valence-corrected chi connectivity index (χ2v) is 3.74. The smallest absolute Gasteiger partial charge is 0.354 e. The Kier molecular flexibility index (Phi) is 3.00. The summed E-state index contributed by atoms with van der Waals surface area (Å²) in [5.41, 5.74) is -0.655. The van der Waals surface area contributed by atoms with Gasteiger partial charge in [-0.1, -0.05) is 0 Å². The normalized spacial score (nSPS) is 20.6. The van der Waals surface area contributed by atoms with E-state index in [1.165, 1.54) is 0 Å². The average Bonchev–Trinajstić information content (AvgIpc) is 2.29. The third-order valence-corrected chi connectivity index (χ3v) is 2.53. The first-order valence-electron chi connectivity index (χ1n) is 5.09. The van der Waals surface area contributed by atoms with Crippen LogP contribution in [0.3, 0.4) is 0 Å². The van der Waals surface area contributed by atoms with Crippen LogP contribution in [-0.4, -0.2) is 34.3 Å². The van der Waals surface area contributed by atoms with Crippen molar-refractivity contribution in [2.45, 2.75) is 18.8 Å². The maximum atomic E-state index is 11.3. The number of nitrogens with zero attached hydrogens (tertiary/aromatic N) is 1. The van der Waals surface area contributed by atoms with Gasteiger partial charge in [0.2, 0.25) is 0 Å². The number of rotatable bonds is 2. The van der Waals surface area contributed by atoms with Crippen molar-refractivity contribution in [1.82, 2.24) is 9.97 Å². The number of aromatic carboxylic acids is 1. The third-order valence-electron chi connectivity index (χ3n) is 2.53. The minimum absolute atomic E-state index is 0.0132. The molecule has 2 rings (SSSR count). The lowest BCUT2D eigenvalue weighted by Gasteiger charge is -2.20. The third kappa shape index (κ3) is 2.27. The highest BCUT2D eigenvalue weighted by Crippen LogP contribution is 2.21. The highest BCUT2D eigenvalue weighted by Gasteiger charge is 2.20. The van der Waals surface area contributed by atoms with E-state index in [1.54, 1.807) is 0 Å². The quantitative estimate of drug-likeness (QED) is 0.756. The molecule has 0 aromatic carbocycles. The Bertz CT molecular complexity index is 448. The molecule has 1 atom stereocenters. The zero-order valence-corrected chi connectivity index (χ0v) is 8.60. The number of hydrogen-bond acceptors (Lipinski definition) is 4. The average molecular weight is 224 g/mol. The van der Waals surface area contributed by atoms with E-state index in [-0.39, 0.29) is 11.6 Å². The molecule has 86 valence electrons. The fraction of sp³-hybridized carbons (Fsp3) is 0.500. The monoisotopic (exact) mass is 224 g/mol. The van der Waals surface area contributed by atoms with Crippen molar-refractivity contribution < 1.29 is 14.6 Å². The van der Waals surface area contributed by atoms with E-state index in [9.17, 15) is 9.59 Å². The van der Waals surface area contributed by atoms with Crippen LogP contribution in [0.2, 0.25) is 0 Å². The first kappa shape index (κ1) is 10.8. The molecule has 0 amide bonds. The second kappa shape index (κ2) is 4.44. The van der Waals surface area contributed by atoms with Crippen LogP contribution in [0.25, 0.3) is 0 Å². The van der Waals surface area contributed by atoms with Crippen molar-refractivity contribution in [2.24, 2.45) is 0 Å². The molecule has 6 heteroatoms. The summed E-state index contributed by atoms with van der Waals surface area (Å²) in [4.78, 5) is 28.5. The Balaban J connectivity index is 2.32. The molecule has 0 spiro atoms. The van der Waals surface area contributed by atoms with Gasteiger partial charge < -0.3 is 14.8 Å². The fourth-order valence-corrected chi connectivity index (χ4v) is 1.74. The molecule has 1 saturated heterocycles. The number of aromatic nitrogens is 2. The fourth-order valence-electron chi connectivity index (χ4n) is 1.74. The van der Waals surface area contributed by atoms with Gasteiger partial charge in [0.15, 0.2) is 5.69 Å². The van der Waals surface area contributed by atoms with Crippen LogP contribution in [0.5, 0.6) is 0 Å². The van der Waals surface area contributed by atoms with Crippen LogP contribution in [0.15, 0.2) is 10.9 Å². The molecule has 0 radical (unpaired) electrons. The molecule has 2 N–H and O–H groups in total. The zero-order chi connectivity index (χ0) is 11.5. The molecular weight excluding hydrogens is 212 g/mol. The van der Waals surface area contributed by atoms with Crippen LogP contribution in [0.1, 0.15) is 35.1 Å². The molecular formula is C10H12N2O4. The molecule has 6 nitrogen and oxygen atoms in total. The van der Waals surface area contributed by atoms with Gasteiger partial charge in [-0.05, 0) is 12.8 Å². The van der Waals surface area contributed by atoms with E-state index < -0.39 is 11.5 Å². The molecule has 0 bridgehead atoms. The lowest BCUT2D eigenvalue weighted by Crippen LogP contribution is -2.23. The van der Waals surface area contributed by atoms with Crippen molar-refractivity contribution in [2.75, 3.05) is 13.2 Å². The summed E-state index contributed by atoms with van der Waals surface area (Å²) in [5, 5.41) is 8.79. The summed E-state index contributed by atoms with van der Waals surface area (Å²) < 4.78 is 5.27. The van der Waals surface area contributed by atoms with E-state index in [4.69, 9.17) is 9.84 Å². The summed E-state index contributed by atoms with van der Waals surface area (Å²) in [6, 6.07) is 0.982. The number of hydrogen-bond donors (Lipinski definition) is 2. The zero-order valence-electron chi connectivity index (χ0n) is 8.60. The molecule has 0 aliphatic carbocycles. The topological polar surface area (TPSA) is 92.3 Å². The first-order valence-corrected chi connectivity index (χ1v) is 5.09. The molecule has 1 aromatic rings. The van der Waals surface area contributed by atoms with Gasteiger partial charge in [-0.2, -0.15) is 0 Å². The van der Waals surface area contributed by atoms with Gasteiger partial charge in [-0.3, -0.25) is 4.79 Å². The number of carboxylic acid groups (broad SMARTS) is 1. The van der Waals surface area contributed by atoms with Gasteiger partial charge in [-0.25, -0.2) is 9.78 Å². The molecule has 1 aliphatic rings. The Labute approximate surface area is 91.3 Å². The van der Waals surface area contributed by atoms with Gasteiger partial charge in [0.1, 0.15) is 5.82 Å². The molecule has 1 fully saturated rings. The Hall–Kier alpha value is -1.69. The SMILES string of the molecule is O=C(O)c1cc(=O)[nH]c(C2CCCOC2)n1. The number of ether oxygens (including phenoxy) is 1. The highest BCUT2D eigenvalue weighted by molar-refractivity contribution is 5.85. The summed E-state index contributed by atoms with van der Waals surface area (Å²) in [7, 11) is 0. The Morgan fingerprint density at radius 1 is 1.62 bits per heavy atom. The maximum absolute atomic E-state index is 11.3. The van der Waals surface area contributed by atoms with Crippen LogP contribution >= 0.6 is 0 Å². The van der Waals surface area contributed by atoms with E-state index in [2.05, 4.69) is 9.97 Å². The van der Waals surface area contributed by atoms with Gasteiger partial charge in [0.25, 0.3) is 5.56 Å². The molecule has 16 heavy (non-hydrogen) atoms. The molecule has 1 aromatic heterocycles. The number of carboxylic acids is 1. The van der Waals surface area contributed by atoms with E-state index >= 15 is 0 Å². The summed E-state index contributed by atoms with van der Waals surface area (Å²) >= 11 is 0. The van der Waals surface area contributed by atoms with Crippen LogP contribution in [0, 0.1) is 0 Å². The van der Waals surface area contributed by atoms with E-state index in [0.717, 1.165) is 18.9 Å². The maximum Gasteiger partial charge on any atom is 0.354 e. The second-order valence-electron chi connectivity index (χ2n) is 3.74. The van der Waals surface area contributed by atoms with Crippen molar-refractivity contribution in [3.63, 3.8) is 0 Å². The van der Waals surface area contributed by atoms with Crippen LogP contribution in [-0.2, 0) is 4.74 Å². The molecule has 1 aliphatic heterocycles. The lowest BCUT2D eigenvalue weighted by atomic mass is 10.0. The van der Waals surface area contributed by atoms with Crippen molar-refractivity contribution in [1.29, 1.82) is 0 Å². The number of H-pyrrole nitrogens is 1. The Morgan fingerprint density at radius 3 is 3.06 bits per heavy atom. The highest BCUT2D eigenvalue weighted by atomic mass is 16.5. The summed E-state index contributed by atoms with van der Waals surface area (Å²) in [6.45, 7) is 1.19. The molecule has 0 saturated carbocycles. The number of carbonyl (C=O) groups is 1. The summed E-state index contributed by atoms with van der Waals surface area (Å²) in [6.07, 6.45) is 1.75. The number of aromatic amines is 1. The van der Waals surface area contributed by atoms with Crippen molar-refractivity contribution in [3.8, 4) is 0 Å². The van der Waals surface area contributed by atoms with Crippen molar-refractivity contribution >= 4 is 5.97 Å². The Morgan fingerprint density at radius 2 is 2.44 bits per heavy atom. The van der Waals surface area contributed by atoms with Crippen LogP contribution in [0.4, 0.5) is 0 Å². The minimum atomic E-state index is -1.19. The van der Waals surface area contributed by atoms with Gasteiger partial charge in [-0.15, -0.1) is 0 Å². The largest absolute Gasteiger partial charge is 0.477 e. The van der Waals surface area contributed by atoms with Gasteiger partial charge in [0.05, 0.1) is 6.61 Å². The minimum Gasteiger partial charge on any atom is -0.477 e.